The number of carbonyl (C=O) groups is 1. The number of ether oxygens (including phenoxy) is 2. The van der Waals surface area contributed by atoms with Crippen LogP contribution >= 0.6 is 15.9 Å². The zero-order chi connectivity index (χ0) is 19.4. The molecule has 3 rings (SSSR count). The first-order chi connectivity index (χ1) is 13.0. The number of piperazine rings is 1. The molecule has 1 aromatic carbocycles. The maximum atomic E-state index is 12.9. The second-order valence-corrected chi connectivity index (χ2v) is 7.46. The molecule has 144 valence electrons. The van der Waals surface area contributed by atoms with Gasteiger partial charge in [-0.05, 0) is 47.1 Å². The molecule has 7 heteroatoms. The summed E-state index contributed by atoms with van der Waals surface area (Å²) in [7, 11) is 3.20. The average Bonchev–Trinajstić information content (AvgIpc) is 2.70. The van der Waals surface area contributed by atoms with Crippen LogP contribution in [-0.2, 0) is 6.54 Å². The molecule has 1 aliphatic heterocycles. The second kappa shape index (κ2) is 8.71. The lowest BCUT2D eigenvalue weighted by molar-refractivity contribution is 0.0626. The lowest BCUT2D eigenvalue weighted by atomic mass is 10.1. The number of methoxy groups -OCH3 is 2. The van der Waals surface area contributed by atoms with Gasteiger partial charge in [0.1, 0.15) is 11.5 Å². The van der Waals surface area contributed by atoms with Crippen molar-refractivity contribution in [2.24, 2.45) is 0 Å². The van der Waals surface area contributed by atoms with Crippen LogP contribution in [0.3, 0.4) is 0 Å². The number of amides is 1. The van der Waals surface area contributed by atoms with Crippen molar-refractivity contribution in [3.63, 3.8) is 0 Å². The molecule has 1 fully saturated rings. The van der Waals surface area contributed by atoms with Gasteiger partial charge >= 0.3 is 0 Å². The van der Waals surface area contributed by atoms with Gasteiger partial charge in [-0.3, -0.25) is 14.7 Å². The molecule has 0 saturated carbocycles. The molecular formula is C20H24BrN3O3. The van der Waals surface area contributed by atoms with E-state index in [4.69, 9.17) is 9.47 Å². The summed E-state index contributed by atoms with van der Waals surface area (Å²) in [6, 6.07) is 7.60. The fourth-order valence-corrected chi connectivity index (χ4v) is 3.46. The molecule has 1 aromatic heterocycles. The molecule has 0 bridgehead atoms. The van der Waals surface area contributed by atoms with Gasteiger partial charge in [-0.15, -0.1) is 0 Å². The number of nitrogens with zero attached hydrogens (tertiary/aromatic N) is 3. The Kier molecular flexibility index (Phi) is 6.34. The van der Waals surface area contributed by atoms with Gasteiger partial charge < -0.3 is 14.4 Å². The zero-order valence-electron chi connectivity index (χ0n) is 15.9. The molecule has 2 heterocycles. The minimum absolute atomic E-state index is 0.00742. The van der Waals surface area contributed by atoms with E-state index < -0.39 is 0 Å². The predicted octanol–water partition coefficient (Wildman–Crippen LogP) is 3.13. The highest BCUT2D eigenvalue weighted by Crippen LogP contribution is 2.30. The Bertz CT molecular complexity index is 778. The molecular weight excluding hydrogens is 410 g/mol. The Balaban J connectivity index is 1.64. The largest absolute Gasteiger partial charge is 0.496 e. The number of rotatable bonds is 5. The van der Waals surface area contributed by atoms with E-state index >= 15 is 0 Å². The van der Waals surface area contributed by atoms with Crippen LogP contribution in [0.15, 0.2) is 34.9 Å². The van der Waals surface area contributed by atoms with Crippen LogP contribution < -0.4 is 9.47 Å². The third kappa shape index (κ3) is 4.59. The van der Waals surface area contributed by atoms with Gasteiger partial charge in [-0.2, -0.15) is 0 Å². The minimum atomic E-state index is 0.00742. The van der Waals surface area contributed by atoms with Gasteiger partial charge in [0.25, 0.3) is 5.91 Å². The molecule has 0 spiro atoms. The molecule has 0 unspecified atom stereocenters. The van der Waals surface area contributed by atoms with Crippen molar-refractivity contribution in [3.8, 4) is 11.5 Å². The molecule has 0 radical (unpaired) electrons. The number of halogens is 1. The topological polar surface area (TPSA) is 54.9 Å². The van der Waals surface area contributed by atoms with Crippen molar-refractivity contribution in [1.29, 1.82) is 0 Å². The quantitative estimate of drug-likeness (QED) is 0.724. The molecule has 0 N–H and O–H groups in total. The summed E-state index contributed by atoms with van der Waals surface area (Å²) >= 11 is 3.40. The fraction of sp³-hybridized carbons (Fsp3) is 0.400. The third-order valence-corrected chi connectivity index (χ3v) is 5.30. The minimum Gasteiger partial charge on any atom is -0.496 e. The SMILES string of the molecule is COc1cc(C(=O)N2CCN(Cc3ccc(Br)cn3)CC2)cc(OC)c1C. The number of hydrogen-bond acceptors (Lipinski definition) is 5. The molecule has 1 saturated heterocycles. The number of carbonyl (C=O) groups excluding carboxylic acids is 1. The standard InChI is InChI=1S/C20H24BrN3O3/c1-14-18(26-2)10-15(11-19(14)27-3)20(25)24-8-6-23(7-9-24)13-17-5-4-16(21)12-22-17/h4-5,10-12H,6-9,13H2,1-3H3. The van der Waals surface area contributed by atoms with Gasteiger partial charge in [-0.25, -0.2) is 0 Å². The van der Waals surface area contributed by atoms with Crippen LogP contribution in [0.2, 0.25) is 0 Å². The first kappa shape index (κ1) is 19.6. The summed E-state index contributed by atoms with van der Waals surface area (Å²) in [5.74, 6) is 1.34. The monoisotopic (exact) mass is 433 g/mol. The van der Waals surface area contributed by atoms with Gasteiger partial charge in [0, 0.05) is 54.5 Å². The molecule has 1 aliphatic rings. The summed E-state index contributed by atoms with van der Waals surface area (Å²) in [4.78, 5) is 21.6. The van der Waals surface area contributed by atoms with E-state index in [1.807, 2.05) is 30.2 Å². The summed E-state index contributed by atoms with van der Waals surface area (Å²) in [6.07, 6.45) is 1.81. The van der Waals surface area contributed by atoms with Crippen LogP contribution in [0.4, 0.5) is 0 Å². The number of hydrogen-bond donors (Lipinski definition) is 0. The van der Waals surface area contributed by atoms with Crippen molar-refractivity contribution in [3.05, 3.63) is 51.8 Å². The number of aromatic nitrogens is 1. The van der Waals surface area contributed by atoms with Crippen molar-refractivity contribution in [2.45, 2.75) is 13.5 Å². The molecule has 0 aliphatic carbocycles. The highest BCUT2D eigenvalue weighted by Gasteiger charge is 2.24. The van der Waals surface area contributed by atoms with E-state index in [1.54, 1.807) is 26.4 Å². The first-order valence-corrected chi connectivity index (χ1v) is 9.66. The Morgan fingerprint density at radius 1 is 1.11 bits per heavy atom. The summed E-state index contributed by atoms with van der Waals surface area (Å²) in [5, 5.41) is 0. The van der Waals surface area contributed by atoms with Crippen LogP contribution in [0, 0.1) is 6.92 Å². The van der Waals surface area contributed by atoms with Crippen LogP contribution in [0.25, 0.3) is 0 Å². The van der Waals surface area contributed by atoms with E-state index in [2.05, 4.69) is 25.8 Å². The van der Waals surface area contributed by atoms with Gasteiger partial charge in [0.15, 0.2) is 0 Å². The lowest BCUT2D eigenvalue weighted by Crippen LogP contribution is -2.48. The zero-order valence-corrected chi connectivity index (χ0v) is 17.5. The van der Waals surface area contributed by atoms with Gasteiger partial charge in [0.2, 0.25) is 0 Å². The first-order valence-electron chi connectivity index (χ1n) is 8.86. The highest BCUT2D eigenvalue weighted by atomic mass is 79.9. The third-order valence-electron chi connectivity index (χ3n) is 4.83. The van der Waals surface area contributed by atoms with Crippen LogP contribution in [0.1, 0.15) is 21.6 Å². The Morgan fingerprint density at radius 3 is 2.26 bits per heavy atom. The molecule has 27 heavy (non-hydrogen) atoms. The van der Waals surface area contributed by atoms with Crippen molar-refractivity contribution >= 4 is 21.8 Å². The van der Waals surface area contributed by atoms with Gasteiger partial charge in [0.05, 0.1) is 19.9 Å². The van der Waals surface area contributed by atoms with Crippen molar-refractivity contribution in [1.82, 2.24) is 14.8 Å². The maximum Gasteiger partial charge on any atom is 0.254 e. The smallest absolute Gasteiger partial charge is 0.254 e. The number of pyridine rings is 1. The molecule has 6 nitrogen and oxygen atoms in total. The van der Waals surface area contributed by atoms with E-state index in [9.17, 15) is 4.79 Å². The lowest BCUT2D eigenvalue weighted by Gasteiger charge is -2.34. The molecule has 0 atom stereocenters. The van der Waals surface area contributed by atoms with E-state index in [1.165, 1.54) is 0 Å². The normalized spacial score (nSPS) is 14.9. The van der Waals surface area contributed by atoms with E-state index in [0.717, 1.165) is 35.4 Å². The molecule has 1 amide bonds. The predicted molar refractivity (Wildman–Crippen MR) is 107 cm³/mol. The van der Waals surface area contributed by atoms with Crippen molar-refractivity contribution < 1.29 is 14.3 Å². The highest BCUT2D eigenvalue weighted by molar-refractivity contribution is 9.10. The van der Waals surface area contributed by atoms with Crippen molar-refractivity contribution in [2.75, 3.05) is 40.4 Å². The average molecular weight is 434 g/mol. The van der Waals surface area contributed by atoms with Crippen LogP contribution in [0.5, 0.6) is 11.5 Å². The number of benzene rings is 1. The Labute approximate surface area is 168 Å². The van der Waals surface area contributed by atoms with E-state index in [-0.39, 0.29) is 5.91 Å². The summed E-state index contributed by atoms with van der Waals surface area (Å²) in [6.45, 7) is 5.73. The summed E-state index contributed by atoms with van der Waals surface area (Å²) in [5.41, 5.74) is 2.52. The fourth-order valence-electron chi connectivity index (χ4n) is 3.23. The second-order valence-electron chi connectivity index (χ2n) is 6.54. The van der Waals surface area contributed by atoms with Crippen LogP contribution in [-0.4, -0.2) is 61.1 Å². The maximum absolute atomic E-state index is 12.9. The van der Waals surface area contributed by atoms with Gasteiger partial charge in [-0.1, -0.05) is 0 Å². The Hall–Kier alpha value is -2.12. The Morgan fingerprint density at radius 2 is 1.74 bits per heavy atom. The summed E-state index contributed by atoms with van der Waals surface area (Å²) < 4.78 is 11.8. The van der Waals surface area contributed by atoms with E-state index in [0.29, 0.717) is 30.2 Å². The molecule has 2 aromatic rings.